The van der Waals surface area contributed by atoms with Crippen LogP contribution in [0.5, 0.6) is 17.2 Å². The number of benzene rings is 2. The highest BCUT2D eigenvalue weighted by molar-refractivity contribution is 6.05. The van der Waals surface area contributed by atoms with Crippen molar-refractivity contribution in [3.63, 3.8) is 0 Å². The summed E-state index contributed by atoms with van der Waals surface area (Å²) in [6.45, 7) is 1.50. The molecular formula is C19H20N6O5. The number of rotatable bonds is 8. The SMILES string of the molecule is COc1cc(C(=O)Nc2cc(-n3cnnn3)ccc2C)cc(OC)c1OCC(N)=O. The second-order valence-electron chi connectivity index (χ2n) is 6.17. The van der Waals surface area contributed by atoms with Gasteiger partial charge in [-0.15, -0.1) is 5.10 Å². The minimum absolute atomic E-state index is 0.173. The van der Waals surface area contributed by atoms with Crippen LogP contribution in [0.1, 0.15) is 15.9 Å². The second-order valence-corrected chi connectivity index (χ2v) is 6.17. The van der Waals surface area contributed by atoms with Crippen molar-refractivity contribution < 1.29 is 23.8 Å². The fourth-order valence-corrected chi connectivity index (χ4v) is 2.66. The molecule has 30 heavy (non-hydrogen) atoms. The Hall–Kier alpha value is -4.15. The van der Waals surface area contributed by atoms with Gasteiger partial charge in [-0.05, 0) is 47.2 Å². The molecule has 0 radical (unpaired) electrons. The molecule has 1 aromatic heterocycles. The Morgan fingerprint density at radius 3 is 2.40 bits per heavy atom. The summed E-state index contributed by atoms with van der Waals surface area (Å²) < 4.78 is 17.4. The molecule has 0 aliphatic heterocycles. The first-order valence-corrected chi connectivity index (χ1v) is 8.75. The standard InChI is InChI=1S/C19H20N6O5/c1-11-4-5-13(25-10-21-23-24-25)8-14(11)22-19(27)12-6-15(28-2)18(16(7-12)29-3)30-9-17(20)26/h4-8,10H,9H2,1-3H3,(H2,20,26)(H,22,27). The summed E-state index contributed by atoms with van der Waals surface area (Å²) in [5.41, 5.74) is 7.51. The molecule has 11 nitrogen and oxygen atoms in total. The third kappa shape index (κ3) is 4.46. The maximum absolute atomic E-state index is 12.9. The van der Waals surface area contributed by atoms with Gasteiger partial charge in [-0.3, -0.25) is 9.59 Å². The Balaban J connectivity index is 1.90. The van der Waals surface area contributed by atoms with Gasteiger partial charge in [0.1, 0.15) is 6.33 Å². The van der Waals surface area contributed by atoms with E-state index < -0.39 is 11.8 Å². The first-order chi connectivity index (χ1) is 14.4. The highest BCUT2D eigenvalue weighted by Gasteiger charge is 2.19. The molecule has 0 bridgehead atoms. The van der Waals surface area contributed by atoms with Crippen molar-refractivity contribution in [2.75, 3.05) is 26.1 Å². The summed E-state index contributed by atoms with van der Waals surface area (Å²) in [7, 11) is 2.82. The normalized spacial score (nSPS) is 10.4. The van der Waals surface area contributed by atoms with Crippen LogP contribution in [0.15, 0.2) is 36.7 Å². The van der Waals surface area contributed by atoms with Crippen molar-refractivity contribution in [2.45, 2.75) is 6.92 Å². The number of carbonyl (C=O) groups excluding carboxylic acids is 2. The zero-order valence-electron chi connectivity index (χ0n) is 16.6. The maximum Gasteiger partial charge on any atom is 0.255 e. The molecule has 3 rings (SSSR count). The summed E-state index contributed by atoms with van der Waals surface area (Å²) in [4.78, 5) is 23.9. The van der Waals surface area contributed by atoms with Crippen LogP contribution >= 0.6 is 0 Å². The smallest absolute Gasteiger partial charge is 0.255 e. The van der Waals surface area contributed by atoms with E-state index in [1.807, 2.05) is 19.1 Å². The molecule has 3 N–H and O–H groups in total. The molecule has 3 aromatic rings. The lowest BCUT2D eigenvalue weighted by Gasteiger charge is -2.16. The van der Waals surface area contributed by atoms with Gasteiger partial charge in [0, 0.05) is 11.3 Å². The van der Waals surface area contributed by atoms with Crippen molar-refractivity contribution in [3.05, 3.63) is 47.8 Å². The second kappa shape index (κ2) is 8.90. The monoisotopic (exact) mass is 412 g/mol. The van der Waals surface area contributed by atoms with Gasteiger partial charge < -0.3 is 25.3 Å². The van der Waals surface area contributed by atoms with Crippen molar-refractivity contribution in [1.82, 2.24) is 20.2 Å². The molecule has 156 valence electrons. The van der Waals surface area contributed by atoms with Crippen LogP contribution in [-0.4, -0.2) is 52.8 Å². The molecule has 0 atom stereocenters. The number of aryl methyl sites for hydroxylation is 1. The molecule has 0 fully saturated rings. The van der Waals surface area contributed by atoms with Crippen LogP contribution in [0.3, 0.4) is 0 Å². The van der Waals surface area contributed by atoms with E-state index in [9.17, 15) is 9.59 Å². The van der Waals surface area contributed by atoms with Crippen LogP contribution in [-0.2, 0) is 4.79 Å². The van der Waals surface area contributed by atoms with Gasteiger partial charge in [-0.2, -0.15) is 0 Å². The molecule has 0 saturated heterocycles. The molecular weight excluding hydrogens is 392 g/mol. The molecule has 0 spiro atoms. The molecule has 0 aliphatic carbocycles. The van der Waals surface area contributed by atoms with E-state index in [2.05, 4.69) is 20.8 Å². The average molecular weight is 412 g/mol. The quantitative estimate of drug-likeness (QED) is 0.560. The summed E-state index contributed by atoms with van der Waals surface area (Å²) in [6, 6.07) is 8.39. The summed E-state index contributed by atoms with van der Waals surface area (Å²) >= 11 is 0. The van der Waals surface area contributed by atoms with Gasteiger partial charge in [-0.25, -0.2) is 4.68 Å². The van der Waals surface area contributed by atoms with Crippen LogP contribution in [0.2, 0.25) is 0 Å². The Kier molecular flexibility index (Phi) is 6.11. The number of methoxy groups -OCH3 is 2. The molecule has 2 amide bonds. The van der Waals surface area contributed by atoms with Gasteiger partial charge in [0.2, 0.25) is 5.75 Å². The van der Waals surface area contributed by atoms with E-state index in [4.69, 9.17) is 19.9 Å². The minimum Gasteiger partial charge on any atom is -0.493 e. The van der Waals surface area contributed by atoms with Gasteiger partial charge in [-0.1, -0.05) is 6.07 Å². The molecule has 0 aliphatic rings. The van der Waals surface area contributed by atoms with Crippen molar-refractivity contribution in [1.29, 1.82) is 0 Å². The lowest BCUT2D eigenvalue weighted by molar-refractivity contribution is -0.120. The number of nitrogens with two attached hydrogens (primary N) is 1. The van der Waals surface area contributed by atoms with Crippen molar-refractivity contribution in [3.8, 4) is 22.9 Å². The van der Waals surface area contributed by atoms with Crippen LogP contribution < -0.4 is 25.3 Å². The molecule has 1 heterocycles. The predicted octanol–water partition coefficient (Wildman–Crippen LogP) is 1.10. The summed E-state index contributed by atoms with van der Waals surface area (Å²) in [5.74, 6) is -0.434. The zero-order valence-corrected chi connectivity index (χ0v) is 16.6. The van der Waals surface area contributed by atoms with Gasteiger partial charge >= 0.3 is 0 Å². The molecule has 11 heteroatoms. The van der Waals surface area contributed by atoms with E-state index in [0.29, 0.717) is 11.4 Å². The molecule has 0 saturated carbocycles. The van der Waals surface area contributed by atoms with Gasteiger partial charge in [0.25, 0.3) is 11.8 Å². The number of amides is 2. The lowest BCUT2D eigenvalue weighted by Crippen LogP contribution is -2.20. The summed E-state index contributed by atoms with van der Waals surface area (Å²) in [6.07, 6.45) is 1.46. The first-order valence-electron chi connectivity index (χ1n) is 8.75. The van der Waals surface area contributed by atoms with E-state index in [1.165, 1.54) is 37.4 Å². The molecule has 2 aromatic carbocycles. The van der Waals surface area contributed by atoms with Crippen LogP contribution in [0.4, 0.5) is 5.69 Å². The number of hydrogen-bond donors (Lipinski definition) is 2. The Morgan fingerprint density at radius 1 is 1.13 bits per heavy atom. The number of hydrogen-bond acceptors (Lipinski definition) is 8. The Morgan fingerprint density at radius 2 is 1.83 bits per heavy atom. The van der Waals surface area contributed by atoms with Crippen molar-refractivity contribution in [2.24, 2.45) is 5.73 Å². The number of anilines is 1. The minimum atomic E-state index is -0.654. The number of tetrazole rings is 1. The maximum atomic E-state index is 12.9. The Labute approximate surface area is 171 Å². The fraction of sp³-hybridized carbons (Fsp3) is 0.211. The third-order valence-electron chi connectivity index (χ3n) is 4.16. The van der Waals surface area contributed by atoms with Crippen molar-refractivity contribution >= 4 is 17.5 Å². The van der Waals surface area contributed by atoms with Gasteiger partial charge in [0.05, 0.1) is 19.9 Å². The first kappa shape index (κ1) is 20.6. The van der Waals surface area contributed by atoms with Gasteiger partial charge in [0.15, 0.2) is 18.1 Å². The predicted molar refractivity (Wildman–Crippen MR) is 106 cm³/mol. The van der Waals surface area contributed by atoms with Crippen LogP contribution in [0.25, 0.3) is 5.69 Å². The highest BCUT2D eigenvalue weighted by Crippen LogP contribution is 2.38. The number of ether oxygens (including phenoxy) is 3. The zero-order chi connectivity index (χ0) is 21.7. The number of primary amides is 1. The van der Waals surface area contributed by atoms with Crippen LogP contribution in [0, 0.1) is 6.92 Å². The number of nitrogens with one attached hydrogen (secondary N) is 1. The van der Waals surface area contributed by atoms with E-state index in [-0.39, 0.29) is 29.4 Å². The van der Waals surface area contributed by atoms with E-state index >= 15 is 0 Å². The lowest BCUT2D eigenvalue weighted by atomic mass is 10.1. The Bertz CT molecular complexity index is 1040. The number of carbonyl (C=O) groups is 2. The largest absolute Gasteiger partial charge is 0.493 e. The third-order valence-corrected chi connectivity index (χ3v) is 4.16. The average Bonchev–Trinajstić information content (AvgIpc) is 3.27. The number of aromatic nitrogens is 4. The molecule has 0 unspecified atom stereocenters. The summed E-state index contributed by atoms with van der Waals surface area (Å²) in [5, 5.41) is 13.9. The van der Waals surface area contributed by atoms with E-state index in [1.54, 1.807) is 6.07 Å². The fourth-order valence-electron chi connectivity index (χ4n) is 2.66. The topological polar surface area (TPSA) is 143 Å². The number of nitrogens with zero attached hydrogens (tertiary/aromatic N) is 4. The van der Waals surface area contributed by atoms with E-state index in [0.717, 1.165) is 5.56 Å². The highest BCUT2D eigenvalue weighted by atomic mass is 16.5.